The summed E-state index contributed by atoms with van der Waals surface area (Å²) in [5.41, 5.74) is -1.12. The molecule has 0 aliphatic heterocycles. The van der Waals surface area contributed by atoms with Crippen molar-refractivity contribution in [2.45, 2.75) is 32.9 Å². The van der Waals surface area contributed by atoms with Gasteiger partial charge in [-0.3, -0.25) is 14.9 Å². The smallest absolute Gasteiger partial charge is 0.298 e. The van der Waals surface area contributed by atoms with E-state index in [2.05, 4.69) is 10.3 Å². The fourth-order valence-electron chi connectivity index (χ4n) is 2.87. The number of nitrogens with zero attached hydrogens (tertiary/aromatic N) is 1. The van der Waals surface area contributed by atoms with Gasteiger partial charge in [-0.1, -0.05) is 37.3 Å². The highest BCUT2D eigenvalue weighted by Gasteiger charge is 2.36. The molecule has 0 radical (unpaired) electrons. The number of hydrogen-bond donors (Lipinski definition) is 1. The van der Waals surface area contributed by atoms with E-state index >= 15 is 0 Å². The predicted molar refractivity (Wildman–Crippen MR) is 87.9 cm³/mol. The summed E-state index contributed by atoms with van der Waals surface area (Å²) in [5.74, 6) is -0.953. The van der Waals surface area contributed by atoms with E-state index < -0.39 is 23.2 Å². The van der Waals surface area contributed by atoms with Gasteiger partial charge in [-0.15, -0.1) is 0 Å². The van der Waals surface area contributed by atoms with Crippen LogP contribution in [0.4, 0.5) is 18.3 Å². The number of nitrogens with one attached hydrogen (secondary N) is 1. The molecule has 1 aliphatic carbocycles. The first-order chi connectivity index (χ1) is 11.6. The molecule has 25 heavy (non-hydrogen) atoms. The number of carbonyl (C=O) groups excluding carboxylic acids is 2. The molecule has 4 nitrogen and oxygen atoms in total. The van der Waals surface area contributed by atoms with E-state index in [0.717, 1.165) is 23.5 Å². The van der Waals surface area contributed by atoms with Crippen molar-refractivity contribution in [1.82, 2.24) is 4.98 Å². The van der Waals surface area contributed by atoms with Crippen LogP contribution in [0.3, 0.4) is 0 Å². The highest BCUT2D eigenvalue weighted by Crippen LogP contribution is 2.38. The topological polar surface area (TPSA) is 59.1 Å². The number of carbonyl (C=O) groups is 2. The molecule has 1 aliphatic rings. The number of anilines is 1. The molecule has 1 heterocycles. The third-order valence-corrected chi connectivity index (χ3v) is 4.99. The van der Waals surface area contributed by atoms with Gasteiger partial charge in [0.15, 0.2) is 10.9 Å². The average molecular weight is 368 g/mol. The summed E-state index contributed by atoms with van der Waals surface area (Å²) in [6, 6.07) is 4.55. The molecule has 8 heteroatoms. The summed E-state index contributed by atoms with van der Waals surface area (Å²) < 4.78 is 39.1. The molecule has 0 atom stereocenters. The molecule has 132 valence electrons. The van der Waals surface area contributed by atoms with E-state index in [4.69, 9.17) is 0 Å². The molecule has 0 unspecified atom stereocenters. The van der Waals surface area contributed by atoms with Crippen LogP contribution in [0.5, 0.6) is 0 Å². The van der Waals surface area contributed by atoms with Crippen LogP contribution in [-0.2, 0) is 12.6 Å². The summed E-state index contributed by atoms with van der Waals surface area (Å²) in [4.78, 5) is 29.1. The van der Waals surface area contributed by atoms with Gasteiger partial charge in [0.1, 0.15) is 0 Å². The number of thiazole rings is 1. The number of alkyl halides is 3. The molecule has 3 rings (SSSR count). The monoisotopic (exact) mass is 368 g/mol. The Morgan fingerprint density at radius 1 is 1.24 bits per heavy atom. The van der Waals surface area contributed by atoms with E-state index in [1.165, 1.54) is 12.1 Å². The molecular weight excluding hydrogens is 353 g/mol. The van der Waals surface area contributed by atoms with Crippen LogP contribution < -0.4 is 5.32 Å². The zero-order valence-corrected chi connectivity index (χ0v) is 14.3. The number of amides is 1. The van der Waals surface area contributed by atoms with Gasteiger partial charge in [0.25, 0.3) is 5.91 Å². The number of aromatic nitrogens is 1. The van der Waals surface area contributed by atoms with Crippen LogP contribution in [0.15, 0.2) is 24.3 Å². The highest BCUT2D eigenvalue weighted by molar-refractivity contribution is 7.17. The molecule has 1 amide bonds. The lowest BCUT2D eigenvalue weighted by molar-refractivity contribution is -0.137. The normalized spacial score (nSPS) is 16.4. The number of Topliss-reactive ketones (excluding diaryl/α,β-unsaturated/α-hetero) is 1. The maximum Gasteiger partial charge on any atom is 0.417 e. The van der Waals surface area contributed by atoms with E-state index in [1.54, 1.807) is 0 Å². The summed E-state index contributed by atoms with van der Waals surface area (Å²) in [6.45, 7) is 3.90. The van der Waals surface area contributed by atoms with Crippen molar-refractivity contribution in [3.8, 4) is 0 Å². The Labute approximate surface area is 146 Å². The van der Waals surface area contributed by atoms with E-state index in [1.807, 2.05) is 13.8 Å². The van der Waals surface area contributed by atoms with Crippen molar-refractivity contribution in [3.63, 3.8) is 0 Å². The van der Waals surface area contributed by atoms with Gasteiger partial charge >= 0.3 is 6.18 Å². The van der Waals surface area contributed by atoms with Crippen molar-refractivity contribution in [2.75, 3.05) is 5.32 Å². The van der Waals surface area contributed by atoms with Crippen molar-refractivity contribution in [3.05, 3.63) is 46.0 Å². The Hall–Kier alpha value is -2.22. The van der Waals surface area contributed by atoms with Crippen LogP contribution in [-0.4, -0.2) is 16.7 Å². The Balaban J connectivity index is 1.88. The first-order valence-electron chi connectivity index (χ1n) is 7.57. The molecule has 1 N–H and O–H groups in total. The van der Waals surface area contributed by atoms with Crippen LogP contribution in [0, 0.1) is 5.41 Å². The van der Waals surface area contributed by atoms with Gasteiger partial charge in [0, 0.05) is 6.42 Å². The average Bonchev–Trinajstić information content (AvgIpc) is 2.87. The Kier molecular flexibility index (Phi) is 4.18. The lowest BCUT2D eigenvalue weighted by Gasteiger charge is -2.26. The van der Waals surface area contributed by atoms with Crippen molar-refractivity contribution < 1.29 is 22.8 Å². The first kappa shape index (κ1) is 17.6. The number of halogens is 3. The van der Waals surface area contributed by atoms with E-state index in [9.17, 15) is 22.8 Å². The van der Waals surface area contributed by atoms with E-state index in [0.29, 0.717) is 23.4 Å². The second-order valence-corrected chi connectivity index (χ2v) is 7.73. The third kappa shape index (κ3) is 3.58. The molecule has 0 spiro atoms. The fraction of sp³-hybridized carbons (Fsp3) is 0.353. The summed E-state index contributed by atoms with van der Waals surface area (Å²) in [5, 5.41) is 2.53. The lowest BCUT2D eigenvalue weighted by Crippen LogP contribution is -2.26. The zero-order chi connectivity index (χ0) is 18.4. The van der Waals surface area contributed by atoms with Gasteiger partial charge in [-0.2, -0.15) is 13.2 Å². The highest BCUT2D eigenvalue weighted by atomic mass is 32.1. The first-order valence-corrected chi connectivity index (χ1v) is 8.39. The molecule has 0 saturated carbocycles. The second-order valence-electron chi connectivity index (χ2n) is 6.73. The number of fused-ring (bicyclic) bond motifs is 1. The molecule has 0 fully saturated rings. The minimum atomic E-state index is -4.63. The number of hydrogen-bond acceptors (Lipinski definition) is 4. The second kappa shape index (κ2) is 5.94. The maximum atomic E-state index is 13.0. The van der Waals surface area contributed by atoms with Gasteiger partial charge in [-0.05, 0) is 24.0 Å². The van der Waals surface area contributed by atoms with Gasteiger partial charge in [-0.25, -0.2) is 4.98 Å². The van der Waals surface area contributed by atoms with Crippen LogP contribution in [0.25, 0.3) is 0 Å². The minimum Gasteiger partial charge on any atom is -0.298 e. The lowest BCUT2D eigenvalue weighted by atomic mass is 9.78. The zero-order valence-electron chi connectivity index (χ0n) is 13.5. The fourth-order valence-corrected chi connectivity index (χ4v) is 3.78. The van der Waals surface area contributed by atoms with Gasteiger partial charge < -0.3 is 0 Å². The Morgan fingerprint density at radius 2 is 1.92 bits per heavy atom. The molecule has 0 bridgehead atoms. The SMILES string of the molecule is CC1(C)CC(=O)c2sc(NC(=O)c3ccccc3C(F)(F)F)nc2C1. The van der Waals surface area contributed by atoms with Crippen LogP contribution >= 0.6 is 11.3 Å². The number of rotatable bonds is 2. The maximum absolute atomic E-state index is 13.0. The van der Waals surface area contributed by atoms with Crippen molar-refractivity contribution in [2.24, 2.45) is 5.41 Å². The molecular formula is C17H15F3N2O2S. The van der Waals surface area contributed by atoms with Crippen molar-refractivity contribution in [1.29, 1.82) is 0 Å². The molecule has 0 saturated heterocycles. The molecule has 1 aromatic heterocycles. The van der Waals surface area contributed by atoms with E-state index in [-0.39, 0.29) is 16.3 Å². The largest absolute Gasteiger partial charge is 0.417 e. The van der Waals surface area contributed by atoms with Gasteiger partial charge in [0.2, 0.25) is 0 Å². The van der Waals surface area contributed by atoms with Gasteiger partial charge in [0.05, 0.1) is 21.7 Å². The van der Waals surface area contributed by atoms with Crippen LogP contribution in [0.2, 0.25) is 0 Å². The number of ketones is 1. The quantitative estimate of drug-likeness (QED) is 0.845. The third-order valence-electron chi connectivity index (χ3n) is 3.93. The Morgan fingerprint density at radius 3 is 2.60 bits per heavy atom. The van der Waals surface area contributed by atoms with Crippen molar-refractivity contribution >= 4 is 28.2 Å². The summed E-state index contributed by atoms with van der Waals surface area (Å²) >= 11 is 1.01. The Bertz CT molecular complexity index is 856. The molecule has 1 aromatic carbocycles. The minimum absolute atomic E-state index is 0.0556. The summed E-state index contributed by atoms with van der Waals surface area (Å²) in [7, 11) is 0. The molecule has 2 aromatic rings. The predicted octanol–water partition coefficient (Wildman–Crippen LogP) is 4.57. The standard InChI is InChI=1S/C17H15F3N2O2S/c1-16(2)7-11-13(12(23)8-16)25-15(21-11)22-14(24)9-5-3-4-6-10(9)17(18,19)20/h3-6H,7-8H2,1-2H3,(H,21,22,24). The summed E-state index contributed by atoms with van der Waals surface area (Å²) in [6.07, 6.45) is -3.66. The number of benzene rings is 1. The van der Waals surface area contributed by atoms with Crippen LogP contribution in [0.1, 0.15) is 51.6 Å².